The summed E-state index contributed by atoms with van der Waals surface area (Å²) in [5.74, 6) is -0.545. The largest absolute Gasteiger partial charge is 0.507 e. The van der Waals surface area contributed by atoms with E-state index in [1.54, 1.807) is 54.6 Å². The van der Waals surface area contributed by atoms with Gasteiger partial charge in [-0.05, 0) is 48.4 Å². The monoisotopic (exact) mass is 521 g/mol. The highest BCUT2D eigenvalue weighted by Gasteiger charge is 2.47. The van der Waals surface area contributed by atoms with Crippen LogP contribution in [0.4, 0.5) is 5.69 Å². The van der Waals surface area contributed by atoms with Crippen molar-refractivity contribution >= 4 is 39.1 Å². The van der Waals surface area contributed by atoms with Crippen molar-refractivity contribution in [1.29, 1.82) is 0 Å². The number of hydrogen-bond acceptors (Lipinski definition) is 5. The van der Waals surface area contributed by atoms with Gasteiger partial charge < -0.3 is 14.6 Å². The van der Waals surface area contributed by atoms with Crippen molar-refractivity contribution < 1.29 is 24.2 Å². The number of hydrogen-bond donors (Lipinski definition) is 1. The number of Topliss-reactive ketones (excluding diaryl/α,β-unsaturated/α-hetero) is 1. The summed E-state index contributed by atoms with van der Waals surface area (Å²) < 4.78 is 11.9. The van der Waals surface area contributed by atoms with Crippen LogP contribution in [0.15, 0.2) is 82.8 Å². The summed E-state index contributed by atoms with van der Waals surface area (Å²) in [5.41, 5.74) is 1.59. The van der Waals surface area contributed by atoms with E-state index in [1.165, 1.54) is 12.0 Å². The zero-order valence-corrected chi connectivity index (χ0v) is 20.4. The fraction of sp³-hybridized carbons (Fsp3) is 0.185. The van der Waals surface area contributed by atoms with E-state index < -0.39 is 17.7 Å². The van der Waals surface area contributed by atoms with E-state index in [1.807, 2.05) is 25.1 Å². The fourth-order valence-corrected chi connectivity index (χ4v) is 4.20. The number of anilines is 1. The molecular weight excluding hydrogens is 498 g/mol. The van der Waals surface area contributed by atoms with Crippen LogP contribution in [0.25, 0.3) is 5.76 Å². The molecule has 1 amide bonds. The van der Waals surface area contributed by atoms with Gasteiger partial charge in [-0.15, -0.1) is 0 Å². The Morgan fingerprint density at radius 2 is 1.71 bits per heavy atom. The molecule has 0 spiro atoms. The van der Waals surface area contributed by atoms with Crippen LogP contribution < -0.4 is 14.4 Å². The van der Waals surface area contributed by atoms with Crippen molar-refractivity contribution in [2.24, 2.45) is 0 Å². The number of ether oxygens (including phenoxy) is 2. The summed E-state index contributed by atoms with van der Waals surface area (Å²) in [6.07, 6.45) is 0.843. The molecule has 3 aromatic carbocycles. The molecule has 4 rings (SSSR count). The Bertz CT molecular complexity index is 1250. The van der Waals surface area contributed by atoms with Crippen LogP contribution in [0.5, 0.6) is 11.5 Å². The van der Waals surface area contributed by atoms with Crippen molar-refractivity contribution in [3.8, 4) is 11.5 Å². The topological polar surface area (TPSA) is 76.1 Å². The first kappa shape index (κ1) is 23.6. The molecule has 1 saturated heterocycles. The number of rotatable bonds is 7. The van der Waals surface area contributed by atoms with E-state index in [-0.39, 0.29) is 11.3 Å². The summed E-state index contributed by atoms with van der Waals surface area (Å²) in [6, 6.07) is 20.3. The van der Waals surface area contributed by atoms with E-state index >= 15 is 0 Å². The molecule has 1 heterocycles. The number of methoxy groups -OCH3 is 1. The number of amides is 1. The number of benzene rings is 3. The molecule has 1 aliphatic rings. The predicted molar refractivity (Wildman–Crippen MR) is 134 cm³/mol. The molecule has 174 valence electrons. The Hall–Kier alpha value is -3.58. The molecule has 1 fully saturated rings. The van der Waals surface area contributed by atoms with Gasteiger partial charge in [-0.2, -0.15) is 0 Å². The van der Waals surface area contributed by atoms with E-state index in [9.17, 15) is 14.7 Å². The smallest absolute Gasteiger partial charge is 0.300 e. The van der Waals surface area contributed by atoms with Crippen molar-refractivity contribution in [1.82, 2.24) is 0 Å². The van der Waals surface area contributed by atoms with Gasteiger partial charge in [-0.1, -0.05) is 53.2 Å². The second-order valence-electron chi connectivity index (χ2n) is 7.80. The zero-order valence-electron chi connectivity index (χ0n) is 18.8. The van der Waals surface area contributed by atoms with Crippen LogP contribution in [-0.2, 0) is 9.59 Å². The predicted octanol–water partition coefficient (Wildman–Crippen LogP) is 5.87. The van der Waals surface area contributed by atoms with Crippen molar-refractivity contribution in [2.45, 2.75) is 19.4 Å². The molecule has 0 saturated carbocycles. The first-order valence-electron chi connectivity index (χ1n) is 10.9. The quantitative estimate of drug-likeness (QED) is 0.239. The minimum atomic E-state index is -0.846. The molecule has 1 atom stereocenters. The summed E-state index contributed by atoms with van der Waals surface area (Å²) in [6.45, 7) is 2.55. The first-order valence-corrected chi connectivity index (χ1v) is 11.7. The highest BCUT2D eigenvalue weighted by atomic mass is 79.9. The first-order chi connectivity index (χ1) is 16.4. The lowest BCUT2D eigenvalue weighted by Crippen LogP contribution is -2.29. The molecule has 0 bridgehead atoms. The summed E-state index contributed by atoms with van der Waals surface area (Å²) in [7, 11) is 1.53. The van der Waals surface area contributed by atoms with Gasteiger partial charge >= 0.3 is 0 Å². The van der Waals surface area contributed by atoms with Gasteiger partial charge in [0.15, 0.2) is 0 Å². The number of halogens is 1. The SMILES string of the molecule is CCCOc1cccc(C2/C(=C(\O)c3ccc(Br)cc3)C(=O)C(=O)N2c2cccc(OC)c2)c1. The average molecular weight is 522 g/mol. The van der Waals surface area contributed by atoms with Gasteiger partial charge in [0.25, 0.3) is 11.7 Å². The van der Waals surface area contributed by atoms with Crippen LogP contribution in [-0.4, -0.2) is 30.5 Å². The van der Waals surface area contributed by atoms with E-state index in [0.29, 0.717) is 34.9 Å². The van der Waals surface area contributed by atoms with E-state index in [4.69, 9.17) is 9.47 Å². The molecule has 1 N–H and O–H groups in total. The highest BCUT2D eigenvalue weighted by Crippen LogP contribution is 2.43. The van der Waals surface area contributed by atoms with Gasteiger partial charge in [-0.25, -0.2) is 0 Å². The Morgan fingerprint density at radius 1 is 1.00 bits per heavy atom. The Morgan fingerprint density at radius 3 is 2.41 bits per heavy atom. The van der Waals surface area contributed by atoms with E-state index in [2.05, 4.69) is 15.9 Å². The van der Waals surface area contributed by atoms with Crippen LogP contribution in [0.2, 0.25) is 0 Å². The highest BCUT2D eigenvalue weighted by molar-refractivity contribution is 9.10. The van der Waals surface area contributed by atoms with Gasteiger partial charge in [-0.3, -0.25) is 14.5 Å². The van der Waals surface area contributed by atoms with Crippen LogP contribution in [0.1, 0.15) is 30.5 Å². The van der Waals surface area contributed by atoms with Crippen LogP contribution >= 0.6 is 15.9 Å². The van der Waals surface area contributed by atoms with Crippen molar-refractivity contribution in [2.75, 3.05) is 18.6 Å². The number of nitrogens with zero attached hydrogens (tertiary/aromatic N) is 1. The third kappa shape index (κ3) is 4.56. The molecule has 7 heteroatoms. The third-order valence-corrected chi connectivity index (χ3v) is 6.07. The van der Waals surface area contributed by atoms with Gasteiger partial charge in [0, 0.05) is 21.8 Å². The maximum Gasteiger partial charge on any atom is 0.300 e. The van der Waals surface area contributed by atoms with Gasteiger partial charge in [0.2, 0.25) is 0 Å². The number of ketones is 1. The minimum absolute atomic E-state index is 0.0165. The molecule has 0 aliphatic carbocycles. The lowest BCUT2D eigenvalue weighted by Gasteiger charge is -2.26. The molecular formula is C27H24BrNO5. The number of aliphatic hydroxyl groups is 1. The van der Waals surface area contributed by atoms with Gasteiger partial charge in [0.1, 0.15) is 17.3 Å². The minimum Gasteiger partial charge on any atom is -0.507 e. The Labute approximate surface area is 206 Å². The number of carbonyl (C=O) groups is 2. The lowest BCUT2D eigenvalue weighted by molar-refractivity contribution is -0.132. The molecule has 0 aromatic heterocycles. The zero-order chi connectivity index (χ0) is 24.2. The maximum absolute atomic E-state index is 13.3. The number of carbonyl (C=O) groups excluding carboxylic acids is 2. The van der Waals surface area contributed by atoms with Crippen LogP contribution in [0.3, 0.4) is 0 Å². The normalized spacial score (nSPS) is 17.1. The second-order valence-corrected chi connectivity index (χ2v) is 8.71. The average Bonchev–Trinajstić information content (AvgIpc) is 3.13. The third-order valence-electron chi connectivity index (χ3n) is 5.54. The Kier molecular flexibility index (Phi) is 7.03. The second kappa shape index (κ2) is 10.1. The molecule has 1 unspecified atom stereocenters. The number of aliphatic hydroxyl groups excluding tert-OH is 1. The molecule has 0 radical (unpaired) electrons. The molecule has 1 aliphatic heterocycles. The van der Waals surface area contributed by atoms with E-state index in [0.717, 1.165) is 10.9 Å². The summed E-state index contributed by atoms with van der Waals surface area (Å²) in [5, 5.41) is 11.2. The van der Waals surface area contributed by atoms with Crippen molar-refractivity contribution in [3.63, 3.8) is 0 Å². The maximum atomic E-state index is 13.3. The summed E-state index contributed by atoms with van der Waals surface area (Å²) in [4.78, 5) is 28.0. The summed E-state index contributed by atoms with van der Waals surface area (Å²) >= 11 is 3.38. The standard InChI is InChI=1S/C27H24BrNO5/c1-3-14-34-22-9-4-6-18(15-22)24-23(25(30)17-10-12-19(28)13-11-17)26(31)27(32)29(24)20-7-5-8-21(16-20)33-2/h4-13,15-16,24,30H,3,14H2,1-2H3/b25-23+. The molecule has 6 nitrogen and oxygen atoms in total. The fourth-order valence-electron chi connectivity index (χ4n) is 3.93. The lowest BCUT2D eigenvalue weighted by atomic mass is 9.95. The Balaban J connectivity index is 1.91. The molecule has 34 heavy (non-hydrogen) atoms. The molecule has 3 aromatic rings. The van der Waals surface area contributed by atoms with Gasteiger partial charge in [0.05, 0.1) is 25.3 Å². The van der Waals surface area contributed by atoms with Crippen LogP contribution in [0, 0.1) is 0 Å². The van der Waals surface area contributed by atoms with Crippen molar-refractivity contribution in [3.05, 3.63) is 94.0 Å².